The van der Waals surface area contributed by atoms with Crippen molar-refractivity contribution in [2.45, 2.75) is 32.4 Å². The lowest BCUT2D eigenvalue weighted by Gasteiger charge is -2.22. The summed E-state index contributed by atoms with van der Waals surface area (Å²) < 4.78 is 18.5. The molecule has 1 aromatic rings. The molecule has 0 aliphatic rings. The van der Waals surface area contributed by atoms with Gasteiger partial charge in [0.05, 0.1) is 0 Å². The van der Waals surface area contributed by atoms with Gasteiger partial charge in [0.15, 0.2) is 6.04 Å². The number of alkyl carbamates (subject to hydrolysis) is 1. The first-order chi connectivity index (χ1) is 8.70. The monoisotopic (exact) mass is 269 g/mol. The molecule has 0 aromatic heterocycles. The first-order valence-electron chi connectivity index (χ1n) is 5.67. The van der Waals surface area contributed by atoms with Crippen LogP contribution in [-0.4, -0.2) is 22.8 Å². The molecule has 0 aliphatic heterocycles. The van der Waals surface area contributed by atoms with Crippen molar-refractivity contribution in [2.75, 3.05) is 0 Å². The van der Waals surface area contributed by atoms with E-state index in [1.807, 2.05) is 0 Å². The summed E-state index contributed by atoms with van der Waals surface area (Å²) in [5.74, 6) is -2.07. The van der Waals surface area contributed by atoms with Gasteiger partial charge in [-0.1, -0.05) is 18.2 Å². The average molecular weight is 269 g/mol. The van der Waals surface area contributed by atoms with Crippen LogP contribution in [0.5, 0.6) is 0 Å². The van der Waals surface area contributed by atoms with Crippen molar-refractivity contribution in [3.63, 3.8) is 0 Å². The van der Waals surface area contributed by atoms with Crippen LogP contribution in [0.15, 0.2) is 24.3 Å². The summed E-state index contributed by atoms with van der Waals surface area (Å²) in [6, 6.07) is 3.86. The molecule has 0 aliphatic carbocycles. The lowest BCUT2D eigenvalue weighted by molar-refractivity contribution is -0.139. The fourth-order valence-corrected chi connectivity index (χ4v) is 1.41. The van der Waals surface area contributed by atoms with Crippen LogP contribution < -0.4 is 5.32 Å². The van der Waals surface area contributed by atoms with Crippen LogP contribution in [0.2, 0.25) is 0 Å². The molecule has 0 spiro atoms. The lowest BCUT2D eigenvalue weighted by Crippen LogP contribution is -2.38. The van der Waals surface area contributed by atoms with E-state index in [2.05, 4.69) is 5.32 Å². The summed E-state index contributed by atoms with van der Waals surface area (Å²) >= 11 is 0. The molecule has 1 amide bonds. The molecular weight excluding hydrogens is 253 g/mol. The molecule has 0 saturated carbocycles. The quantitative estimate of drug-likeness (QED) is 0.883. The summed E-state index contributed by atoms with van der Waals surface area (Å²) in [5, 5.41) is 11.2. The Bertz CT molecular complexity index is 482. The van der Waals surface area contributed by atoms with Gasteiger partial charge < -0.3 is 15.2 Å². The molecule has 1 rings (SSSR count). The van der Waals surface area contributed by atoms with Crippen LogP contribution in [0.3, 0.4) is 0 Å². The minimum atomic E-state index is -1.49. The van der Waals surface area contributed by atoms with E-state index in [-0.39, 0.29) is 5.56 Å². The first-order valence-corrected chi connectivity index (χ1v) is 5.67. The molecule has 6 heteroatoms. The van der Waals surface area contributed by atoms with Gasteiger partial charge in [-0.3, -0.25) is 0 Å². The molecule has 0 saturated heterocycles. The fourth-order valence-electron chi connectivity index (χ4n) is 1.41. The molecule has 5 nitrogen and oxygen atoms in total. The summed E-state index contributed by atoms with van der Waals surface area (Å²) in [6.07, 6.45) is -0.914. The number of aliphatic carboxylic acids is 1. The molecular formula is C13H16FNO4. The van der Waals surface area contributed by atoms with Crippen molar-refractivity contribution in [2.24, 2.45) is 0 Å². The second-order valence-corrected chi connectivity index (χ2v) is 4.94. The maximum absolute atomic E-state index is 13.5. The fraction of sp³-hybridized carbons (Fsp3) is 0.385. The van der Waals surface area contributed by atoms with Gasteiger partial charge >= 0.3 is 12.1 Å². The van der Waals surface area contributed by atoms with Crippen molar-refractivity contribution in [1.82, 2.24) is 5.32 Å². The number of hydrogen-bond donors (Lipinski definition) is 2. The standard InChI is InChI=1S/C13H16FNO4/c1-13(2,3)19-12(18)15-10(11(16)17)8-6-4-5-7-9(8)14/h4-7,10H,1-3H3,(H,15,18)(H,16,17)/t10-/m1/s1. The molecule has 0 heterocycles. The van der Waals surface area contributed by atoms with E-state index in [1.165, 1.54) is 18.2 Å². The molecule has 19 heavy (non-hydrogen) atoms. The van der Waals surface area contributed by atoms with E-state index in [4.69, 9.17) is 9.84 Å². The number of hydrogen-bond acceptors (Lipinski definition) is 3. The van der Waals surface area contributed by atoms with Crippen LogP contribution in [0.1, 0.15) is 32.4 Å². The van der Waals surface area contributed by atoms with Crippen molar-refractivity contribution in [3.8, 4) is 0 Å². The van der Waals surface area contributed by atoms with Gasteiger partial charge in [-0.25, -0.2) is 14.0 Å². The van der Waals surface area contributed by atoms with E-state index in [0.717, 1.165) is 6.07 Å². The Morgan fingerprint density at radius 3 is 2.37 bits per heavy atom. The molecule has 0 unspecified atom stereocenters. The highest BCUT2D eigenvalue weighted by Gasteiger charge is 2.27. The van der Waals surface area contributed by atoms with Gasteiger partial charge in [0.2, 0.25) is 0 Å². The largest absolute Gasteiger partial charge is 0.479 e. The van der Waals surface area contributed by atoms with Crippen molar-refractivity contribution in [3.05, 3.63) is 35.6 Å². The second kappa shape index (κ2) is 5.69. The molecule has 1 aromatic carbocycles. The zero-order chi connectivity index (χ0) is 14.6. The summed E-state index contributed by atoms with van der Waals surface area (Å²) in [7, 11) is 0. The third-order valence-corrected chi connectivity index (χ3v) is 2.12. The zero-order valence-corrected chi connectivity index (χ0v) is 10.9. The Morgan fingerprint density at radius 2 is 1.89 bits per heavy atom. The van der Waals surface area contributed by atoms with Crippen molar-refractivity contribution in [1.29, 1.82) is 0 Å². The van der Waals surface area contributed by atoms with Crippen molar-refractivity contribution >= 4 is 12.1 Å². The molecule has 0 bridgehead atoms. The number of amides is 1. The molecule has 2 N–H and O–H groups in total. The lowest BCUT2D eigenvalue weighted by atomic mass is 10.1. The Balaban J connectivity index is 2.89. The average Bonchev–Trinajstić information content (AvgIpc) is 2.24. The van der Waals surface area contributed by atoms with E-state index in [9.17, 15) is 14.0 Å². The summed E-state index contributed by atoms with van der Waals surface area (Å²) in [5.41, 5.74) is -0.886. The van der Waals surface area contributed by atoms with Crippen LogP contribution in [0.4, 0.5) is 9.18 Å². The zero-order valence-electron chi connectivity index (χ0n) is 10.9. The van der Waals surface area contributed by atoms with Crippen LogP contribution in [-0.2, 0) is 9.53 Å². The predicted octanol–water partition coefficient (Wildman–Crippen LogP) is 2.48. The molecule has 104 valence electrons. The predicted molar refractivity (Wildman–Crippen MR) is 66.1 cm³/mol. The Hall–Kier alpha value is -2.11. The van der Waals surface area contributed by atoms with Crippen LogP contribution in [0, 0.1) is 5.82 Å². The Kier molecular flexibility index (Phi) is 4.47. The third-order valence-electron chi connectivity index (χ3n) is 2.12. The van der Waals surface area contributed by atoms with Gasteiger partial charge in [-0.15, -0.1) is 0 Å². The number of nitrogens with one attached hydrogen (secondary N) is 1. The van der Waals surface area contributed by atoms with E-state index in [0.29, 0.717) is 0 Å². The molecule has 1 atom stereocenters. The summed E-state index contributed by atoms with van der Waals surface area (Å²) in [4.78, 5) is 22.7. The van der Waals surface area contributed by atoms with Gasteiger partial charge in [0, 0.05) is 5.56 Å². The van der Waals surface area contributed by atoms with E-state index < -0.39 is 29.5 Å². The van der Waals surface area contributed by atoms with E-state index >= 15 is 0 Å². The number of rotatable bonds is 3. The number of carboxylic acids is 1. The highest BCUT2D eigenvalue weighted by Crippen LogP contribution is 2.18. The molecule has 0 fully saturated rings. The second-order valence-electron chi connectivity index (χ2n) is 4.94. The number of ether oxygens (including phenoxy) is 1. The smallest absolute Gasteiger partial charge is 0.408 e. The third kappa shape index (κ3) is 4.57. The number of carbonyl (C=O) groups excluding carboxylic acids is 1. The maximum atomic E-state index is 13.5. The molecule has 0 radical (unpaired) electrons. The topological polar surface area (TPSA) is 75.6 Å². The SMILES string of the molecule is CC(C)(C)OC(=O)N[C@@H](C(=O)O)c1ccccc1F. The van der Waals surface area contributed by atoms with Gasteiger partial charge in [0.25, 0.3) is 0 Å². The highest BCUT2D eigenvalue weighted by molar-refractivity contribution is 5.81. The normalized spacial score (nSPS) is 12.6. The number of carbonyl (C=O) groups is 2. The Morgan fingerprint density at radius 1 is 1.32 bits per heavy atom. The highest BCUT2D eigenvalue weighted by atomic mass is 19.1. The summed E-state index contributed by atoms with van der Waals surface area (Å²) in [6.45, 7) is 4.93. The minimum absolute atomic E-state index is 0.124. The Labute approximate surface area is 110 Å². The number of carboxylic acid groups (broad SMARTS) is 1. The van der Waals surface area contributed by atoms with Gasteiger partial charge in [-0.2, -0.15) is 0 Å². The van der Waals surface area contributed by atoms with Gasteiger partial charge in [-0.05, 0) is 26.8 Å². The van der Waals surface area contributed by atoms with Crippen LogP contribution >= 0.6 is 0 Å². The minimum Gasteiger partial charge on any atom is -0.479 e. The van der Waals surface area contributed by atoms with E-state index in [1.54, 1.807) is 20.8 Å². The van der Waals surface area contributed by atoms with Crippen LogP contribution in [0.25, 0.3) is 0 Å². The number of halogens is 1. The van der Waals surface area contributed by atoms with Gasteiger partial charge in [0.1, 0.15) is 11.4 Å². The number of benzene rings is 1. The van der Waals surface area contributed by atoms with Crippen molar-refractivity contribution < 1.29 is 23.8 Å². The maximum Gasteiger partial charge on any atom is 0.408 e. The first kappa shape index (κ1) is 14.9.